The molecule has 0 bridgehead atoms. The van der Waals surface area contributed by atoms with Gasteiger partial charge >= 0.3 is 0 Å². The van der Waals surface area contributed by atoms with E-state index in [1.165, 1.54) is 0 Å². The topological polar surface area (TPSA) is 44.4 Å². The van der Waals surface area contributed by atoms with Crippen LogP contribution in [0, 0.1) is 6.92 Å². The van der Waals surface area contributed by atoms with Crippen molar-refractivity contribution in [1.82, 2.24) is 19.4 Å². The molecule has 0 aliphatic heterocycles. The minimum atomic E-state index is 0.825. The maximum Gasteiger partial charge on any atom is 0.145 e. The zero-order valence-corrected chi connectivity index (χ0v) is 10.6. The highest BCUT2D eigenvalue weighted by Gasteiger charge is 2.10. The average Bonchev–Trinajstić information content (AvgIpc) is 2.95. The van der Waals surface area contributed by atoms with Gasteiger partial charge in [-0.3, -0.25) is 4.68 Å². The molecule has 18 heavy (non-hydrogen) atoms. The average molecular weight is 242 g/mol. The first-order valence-electron chi connectivity index (χ1n) is 5.70. The standard InChI is InChI=1S/C13H14N4O/c1-9-5-15-17-8-10(4-12(18-3)13(9)17)11-6-14-16(2)7-11/h4-8H,1-3H3. The van der Waals surface area contributed by atoms with Gasteiger partial charge in [-0.15, -0.1) is 0 Å². The lowest BCUT2D eigenvalue weighted by atomic mass is 10.1. The lowest BCUT2D eigenvalue weighted by molar-refractivity contribution is 0.417. The van der Waals surface area contributed by atoms with Gasteiger partial charge in [-0.05, 0) is 18.6 Å². The van der Waals surface area contributed by atoms with E-state index in [0.717, 1.165) is 28.0 Å². The van der Waals surface area contributed by atoms with Crippen LogP contribution in [-0.2, 0) is 7.05 Å². The molecule has 0 fully saturated rings. The molecule has 0 radical (unpaired) electrons. The van der Waals surface area contributed by atoms with E-state index in [1.807, 2.05) is 49.3 Å². The van der Waals surface area contributed by atoms with E-state index < -0.39 is 0 Å². The number of rotatable bonds is 2. The van der Waals surface area contributed by atoms with Gasteiger partial charge in [0.05, 0.1) is 19.5 Å². The molecule has 0 saturated carbocycles. The van der Waals surface area contributed by atoms with E-state index in [0.29, 0.717) is 0 Å². The van der Waals surface area contributed by atoms with Gasteiger partial charge in [-0.25, -0.2) is 4.52 Å². The zero-order chi connectivity index (χ0) is 12.7. The molecule has 3 heterocycles. The Morgan fingerprint density at radius 2 is 1.94 bits per heavy atom. The van der Waals surface area contributed by atoms with E-state index in [1.54, 1.807) is 11.8 Å². The maximum absolute atomic E-state index is 5.45. The first-order chi connectivity index (χ1) is 8.69. The van der Waals surface area contributed by atoms with Crippen LogP contribution in [0.25, 0.3) is 16.6 Å². The SMILES string of the molecule is COc1cc(-c2cnn(C)c2)cn2ncc(C)c12. The highest BCUT2D eigenvalue weighted by Crippen LogP contribution is 2.29. The molecule has 0 amide bonds. The van der Waals surface area contributed by atoms with Crippen molar-refractivity contribution in [3.05, 3.63) is 36.4 Å². The number of ether oxygens (including phenoxy) is 1. The number of pyridine rings is 1. The van der Waals surface area contributed by atoms with E-state index in [4.69, 9.17) is 4.74 Å². The number of hydrogen-bond acceptors (Lipinski definition) is 3. The Kier molecular flexibility index (Phi) is 2.33. The summed E-state index contributed by atoms with van der Waals surface area (Å²) in [4.78, 5) is 0. The molecular weight excluding hydrogens is 228 g/mol. The molecule has 92 valence electrons. The van der Waals surface area contributed by atoms with Crippen molar-refractivity contribution in [3.63, 3.8) is 0 Å². The van der Waals surface area contributed by atoms with E-state index >= 15 is 0 Å². The Morgan fingerprint density at radius 1 is 1.11 bits per heavy atom. The van der Waals surface area contributed by atoms with Crippen molar-refractivity contribution in [2.45, 2.75) is 6.92 Å². The highest BCUT2D eigenvalue weighted by molar-refractivity contribution is 5.72. The Morgan fingerprint density at radius 3 is 2.61 bits per heavy atom. The normalized spacial score (nSPS) is 11.1. The summed E-state index contributed by atoms with van der Waals surface area (Å²) < 4.78 is 9.07. The van der Waals surface area contributed by atoms with Gasteiger partial charge in [0.15, 0.2) is 0 Å². The minimum absolute atomic E-state index is 0.825. The van der Waals surface area contributed by atoms with Crippen molar-refractivity contribution in [2.75, 3.05) is 7.11 Å². The third-order valence-corrected chi connectivity index (χ3v) is 3.02. The Labute approximate surface area is 105 Å². The molecule has 5 nitrogen and oxygen atoms in total. The largest absolute Gasteiger partial charge is 0.494 e. The molecule has 0 unspecified atom stereocenters. The van der Waals surface area contributed by atoms with Gasteiger partial charge in [0.2, 0.25) is 0 Å². The lowest BCUT2D eigenvalue weighted by Crippen LogP contribution is -1.93. The number of methoxy groups -OCH3 is 1. The Hall–Kier alpha value is -2.30. The molecule has 3 aromatic rings. The smallest absolute Gasteiger partial charge is 0.145 e. The molecule has 0 aliphatic carbocycles. The predicted octanol–water partition coefficient (Wildman–Crippen LogP) is 2.05. The summed E-state index contributed by atoms with van der Waals surface area (Å²) in [6.45, 7) is 2.02. The second-order valence-corrected chi connectivity index (χ2v) is 4.32. The second-order valence-electron chi connectivity index (χ2n) is 4.32. The molecule has 0 saturated heterocycles. The van der Waals surface area contributed by atoms with Crippen LogP contribution >= 0.6 is 0 Å². The summed E-state index contributed by atoms with van der Waals surface area (Å²) in [5.41, 5.74) is 4.19. The third-order valence-electron chi connectivity index (χ3n) is 3.02. The summed E-state index contributed by atoms with van der Waals surface area (Å²) in [6, 6.07) is 2.01. The molecular formula is C13H14N4O. The number of aromatic nitrogens is 4. The summed E-state index contributed by atoms with van der Waals surface area (Å²) in [6.07, 6.45) is 7.63. The van der Waals surface area contributed by atoms with Gasteiger partial charge < -0.3 is 4.74 Å². The molecule has 3 aromatic heterocycles. The van der Waals surface area contributed by atoms with Crippen LogP contribution in [0.5, 0.6) is 5.75 Å². The number of aryl methyl sites for hydroxylation is 2. The summed E-state index contributed by atoms with van der Waals surface area (Å²) >= 11 is 0. The van der Waals surface area contributed by atoms with Crippen LogP contribution in [-0.4, -0.2) is 26.5 Å². The van der Waals surface area contributed by atoms with Crippen molar-refractivity contribution in [2.24, 2.45) is 7.05 Å². The van der Waals surface area contributed by atoms with Gasteiger partial charge in [-0.1, -0.05) is 0 Å². The molecule has 0 N–H and O–H groups in total. The molecule has 0 aromatic carbocycles. The summed E-state index contributed by atoms with van der Waals surface area (Å²) in [5.74, 6) is 0.825. The first kappa shape index (κ1) is 10.8. The minimum Gasteiger partial charge on any atom is -0.494 e. The molecule has 0 atom stereocenters. The molecule has 0 spiro atoms. The highest BCUT2D eigenvalue weighted by atomic mass is 16.5. The van der Waals surface area contributed by atoms with Crippen molar-refractivity contribution >= 4 is 5.52 Å². The van der Waals surface area contributed by atoms with Crippen molar-refractivity contribution in [3.8, 4) is 16.9 Å². The fraction of sp³-hybridized carbons (Fsp3) is 0.231. The quantitative estimate of drug-likeness (QED) is 0.691. The van der Waals surface area contributed by atoms with Crippen LogP contribution < -0.4 is 4.74 Å². The predicted molar refractivity (Wildman–Crippen MR) is 68.7 cm³/mol. The summed E-state index contributed by atoms with van der Waals surface area (Å²) in [7, 11) is 3.58. The fourth-order valence-electron chi connectivity index (χ4n) is 2.12. The number of fused-ring (bicyclic) bond motifs is 1. The molecule has 3 rings (SSSR count). The number of nitrogens with zero attached hydrogens (tertiary/aromatic N) is 4. The van der Waals surface area contributed by atoms with E-state index in [-0.39, 0.29) is 0 Å². The monoisotopic (exact) mass is 242 g/mol. The van der Waals surface area contributed by atoms with Gasteiger partial charge in [0.25, 0.3) is 0 Å². The zero-order valence-electron chi connectivity index (χ0n) is 10.6. The molecule has 5 heteroatoms. The Bertz CT molecular complexity index is 711. The fourth-order valence-corrected chi connectivity index (χ4v) is 2.12. The van der Waals surface area contributed by atoms with Crippen LogP contribution in [0.4, 0.5) is 0 Å². The van der Waals surface area contributed by atoms with Gasteiger partial charge in [0.1, 0.15) is 11.3 Å². The maximum atomic E-state index is 5.45. The van der Waals surface area contributed by atoms with Gasteiger partial charge in [0, 0.05) is 30.6 Å². The van der Waals surface area contributed by atoms with Crippen LogP contribution in [0.15, 0.2) is 30.9 Å². The van der Waals surface area contributed by atoms with Gasteiger partial charge in [-0.2, -0.15) is 10.2 Å². The molecule has 0 aliphatic rings. The Balaban J connectivity index is 2.26. The third kappa shape index (κ3) is 1.55. The van der Waals surface area contributed by atoms with Crippen molar-refractivity contribution in [1.29, 1.82) is 0 Å². The first-order valence-corrected chi connectivity index (χ1v) is 5.70. The van der Waals surface area contributed by atoms with Crippen LogP contribution in [0.3, 0.4) is 0 Å². The van der Waals surface area contributed by atoms with Crippen molar-refractivity contribution < 1.29 is 4.74 Å². The van der Waals surface area contributed by atoms with E-state index in [2.05, 4.69) is 10.2 Å². The van der Waals surface area contributed by atoms with Crippen LogP contribution in [0.2, 0.25) is 0 Å². The second kappa shape index (κ2) is 3.87. The summed E-state index contributed by atoms with van der Waals surface area (Å²) in [5, 5.41) is 8.51. The van der Waals surface area contributed by atoms with E-state index in [9.17, 15) is 0 Å². The number of hydrogen-bond donors (Lipinski definition) is 0. The van der Waals surface area contributed by atoms with Crippen LogP contribution in [0.1, 0.15) is 5.56 Å². The lowest BCUT2D eigenvalue weighted by Gasteiger charge is -2.06.